The number of nitrogens with zero attached hydrogens (tertiary/aromatic N) is 4. The van der Waals surface area contributed by atoms with Gasteiger partial charge in [0, 0.05) is 44.6 Å². The van der Waals surface area contributed by atoms with E-state index in [1.807, 2.05) is 25.4 Å². The monoisotopic (exact) mass is 350 g/mol. The molecule has 4 heteroatoms. The second kappa shape index (κ2) is 8.00. The van der Waals surface area contributed by atoms with E-state index in [0.717, 1.165) is 50.4 Å². The van der Waals surface area contributed by atoms with Crippen LogP contribution in [0.5, 0.6) is 0 Å². The fraction of sp³-hybridized carbons (Fsp3) is 0.455. The number of piperidine rings is 1. The molecule has 3 rings (SSSR count). The van der Waals surface area contributed by atoms with Gasteiger partial charge in [0.1, 0.15) is 0 Å². The zero-order valence-electron chi connectivity index (χ0n) is 16.3. The number of hydrogen-bond donors (Lipinski definition) is 0. The van der Waals surface area contributed by atoms with E-state index in [1.165, 1.54) is 22.4 Å². The van der Waals surface area contributed by atoms with Gasteiger partial charge < -0.3 is 4.90 Å². The van der Waals surface area contributed by atoms with Crippen molar-refractivity contribution in [3.8, 4) is 0 Å². The van der Waals surface area contributed by atoms with Gasteiger partial charge in [0.05, 0.1) is 17.1 Å². The summed E-state index contributed by atoms with van der Waals surface area (Å²) < 4.78 is 0. The Morgan fingerprint density at radius 2 is 1.96 bits per heavy atom. The number of aliphatic imine (C=N–C) groups is 1. The third kappa shape index (κ3) is 3.80. The Balaban J connectivity index is 1.59. The van der Waals surface area contributed by atoms with Gasteiger partial charge in [-0.15, -0.1) is 0 Å². The Labute approximate surface area is 157 Å². The summed E-state index contributed by atoms with van der Waals surface area (Å²) >= 11 is 0. The topological polar surface area (TPSA) is 31.7 Å². The summed E-state index contributed by atoms with van der Waals surface area (Å²) in [6.45, 7) is 18.4. The lowest BCUT2D eigenvalue weighted by atomic mass is 10.0. The summed E-state index contributed by atoms with van der Waals surface area (Å²) in [5.41, 5.74) is 7.00. The van der Waals surface area contributed by atoms with Crippen molar-refractivity contribution in [3.05, 3.63) is 59.6 Å². The molecule has 0 saturated carbocycles. The van der Waals surface area contributed by atoms with Crippen molar-refractivity contribution in [2.24, 2.45) is 4.99 Å². The molecule has 1 aromatic heterocycles. The van der Waals surface area contributed by atoms with Gasteiger partial charge in [-0.05, 0) is 56.4 Å². The lowest BCUT2D eigenvalue weighted by molar-refractivity contribution is 0.162. The molecule has 1 aromatic rings. The predicted octanol–water partition coefficient (Wildman–Crippen LogP) is 3.98. The molecular weight excluding hydrogens is 320 g/mol. The summed E-state index contributed by atoms with van der Waals surface area (Å²) in [6, 6.07) is 2.76. The summed E-state index contributed by atoms with van der Waals surface area (Å²) in [7, 11) is 0. The highest BCUT2D eigenvalue weighted by molar-refractivity contribution is 5.59. The highest BCUT2D eigenvalue weighted by Gasteiger charge is 2.30. The zero-order chi connectivity index (χ0) is 18.7. The van der Waals surface area contributed by atoms with E-state index in [2.05, 4.69) is 52.8 Å². The molecule has 0 atom stereocenters. The molecule has 0 aromatic carbocycles. The molecule has 3 heterocycles. The first-order chi connectivity index (χ1) is 12.5. The number of aromatic nitrogens is 1. The summed E-state index contributed by atoms with van der Waals surface area (Å²) in [6.07, 6.45) is 8.09. The predicted molar refractivity (Wildman–Crippen MR) is 110 cm³/mol. The maximum Gasteiger partial charge on any atom is 0.0859 e. The Kier molecular flexibility index (Phi) is 5.72. The molecule has 1 saturated heterocycles. The van der Waals surface area contributed by atoms with E-state index in [4.69, 9.17) is 0 Å². The van der Waals surface area contributed by atoms with Gasteiger partial charge >= 0.3 is 0 Å². The number of likely N-dealkylation sites (tertiary alicyclic amines) is 1. The molecule has 4 nitrogen and oxygen atoms in total. The van der Waals surface area contributed by atoms with Crippen molar-refractivity contribution in [2.45, 2.75) is 39.7 Å². The lowest BCUT2D eigenvalue weighted by Crippen LogP contribution is -2.43. The van der Waals surface area contributed by atoms with E-state index >= 15 is 0 Å². The molecule has 0 N–H and O–H groups in total. The van der Waals surface area contributed by atoms with Crippen LogP contribution < -0.4 is 0 Å². The second-order valence-corrected chi connectivity index (χ2v) is 7.29. The van der Waals surface area contributed by atoms with Gasteiger partial charge in [-0.3, -0.25) is 14.9 Å². The quantitative estimate of drug-likeness (QED) is 0.753. The summed E-state index contributed by atoms with van der Waals surface area (Å²) in [4.78, 5) is 14.0. The van der Waals surface area contributed by atoms with Crippen LogP contribution in [0.4, 0.5) is 0 Å². The number of pyridine rings is 1. The van der Waals surface area contributed by atoms with Crippen molar-refractivity contribution in [1.82, 2.24) is 14.8 Å². The molecule has 138 valence electrons. The van der Waals surface area contributed by atoms with Gasteiger partial charge in [0.15, 0.2) is 0 Å². The van der Waals surface area contributed by atoms with E-state index in [9.17, 15) is 0 Å². The molecule has 2 aliphatic rings. The van der Waals surface area contributed by atoms with E-state index in [-0.39, 0.29) is 0 Å². The van der Waals surface area contributed by atoms with Crippen molar-refractivity contribution in [2.75, 3.05) is 26.2 Å². The van der Waals surface area contributed by atoms with Crippen LogP contribution in [0.15, 0.2) is 47.8 Å². The van der Waals surface area contributed by atoms with Crippen molar-refractivity contribution < 1.29 is 0 Å². The van der Waals surface area contributed by atoms with Crippen LogP contribution in [-0.4, -0.2) is 53.2 Å². The first-order valence-corrected chi connectivity index (χ1v) is 9.48. The Morgan fingerprint density at radius 1 is 1.23 bits per heavy atom. The van der Waals surface area contributed by atoms with E-state index < -0.39 is 0 Å². The van der Waals surface area contributed by atoms with Crippen LogP contribution in [-0.2, 0) is 0 Å². The third-order valence-corrected chi connectivity index (χ3v) is 5.66. The smallest absolute Gasteiger partial charge is 0.0859 e. The average Bonchev–Trinajstić information content (AvgIpc) is 3.07. The highest BCUT2D eigenvalue weighted by Crippen LogP contribution is 2.28. The molecule has 2 aliphatic heterocycles. The second-order valence-electron chi connectivity index (χ2n) is 7.29. The maximum atomic E-state index is 4.58. The molecule has 26 heavy (non-hydrogen) atoms. The van der Waals surface area contributed by atoms with Crippen molar-refractivity contribution in [1.29, 1.82) is 0 Å². The van der Waals surface area contributed by atoms with Crippen LogP contribution >= 0.6 is 0 Å². The molecule has 0 aliphatic carbocycles. The molecule has 0 radical (unpaired) electrons. The van der Waals surface area contributed by atoms with Crippen LogP contribution in [0.2, 0.25) is 0 Å². The Hall–Kier alpha value is -2.20. The third-order valence-electron chi connectivity index (χ3n) is 5.66. The number of aryl methyl sites for hydroxylation is 2. The fourth-order valence-corrected chi connectivity index (χ4v) is 3.83. The minimum atomic E-state index is 0.603. The van der Waals surface area contributed by atoms with Crippen LogP contribution in [0.25, 0.3) is 5.70 Å². The molecule has 0 amide bonds. The van der Waals surface area contributed by atoms with Crippen LogP contribution in [0, 0.1) is 13.8 Å². The molecule has 0 unspecified atom stereocenters. The van der Waals surface area contributed by atoms with Gasteiger partial charge in [-0.25, -0.2) is 0 Å². The average molecular weight is 351 g/mol. The molecule has 1 fully saturated rings. The lowest BCUT2D eigenvalue weighted by Gasteiger charge is -2.38. The largest absolute Gasteiger partial charge is 0.370 e. The first-order valence-electron chi connectivity index (χ1n) is 9.48. The van der Waals surface area contributed by atoms with Gasteiger partial charge in [-0.1, -0.05) is 19.2 Å². The Bertz CT molecular complexity index is 751. The number of hydrogen-bond acceptors (Lipinski definition) is 4. The first kappa shape index (κ1) is 18.6. The van der Waals surface area contributed by atoms with Gasteiger partial charge in [0.25, 0.3) is 0 Å². The maximum absolute atomic E-state index is 4.58. The number of rotatable bonds is 5. The molecular formula is C22H30N4. The summed E-state index contributed by atoms with van der Waals surface area (Å²) in [5.74, 6) is 0. The standard InChI is InChI=1S/C22H30N4/c1-6-19-14-26(15-22(19)23-7-2)20-8-10-25(11-9-20)18(5)21-12-16(3)17(4)13-24-21/h6-7,12-13,20H,1,5,8-11,14-15H2,2-4H3. The zero-order valence-corrected chi connectivity index (χ0v) is 16.3. The van der Waals surface area contributed by atoms with Gasteiger partial charge in [0.2, 0.25) is 0 Å². The normalized spacial score (nSPS) is 19.6. The minimum absolute atomic E-state index is 0.603. The van der Waals surface area contributed by atoms with E-state index in [1.54, 1.807) is 0 Å². The van der Waals surface area contributed by atoms with Crippen LogP contribution in [0.3, 0.4) is 0 Å². The fourth-order valence-electron chi connectivity index (χ4n) is 3.83. The highest BCUT2D eigenvalue weighted by atomic mass is 15.2. The van der Waals surface area contributed by atoms with Crippen molar-refractivity contribution in [3.63, 3.8) is 0 Å². The Morgan fingerprint density at radius 3 is 2.58 bits per heavy atom. The minimum Gasteiger partial charge on any atom is -0.370 e. The molecule has 0 bridgehead atoms. The van der Waals surface area contributed by atoms with Crippen LogP contribution in [0.1, 0.15) is 36.6 Å². The summed E-state index contributed by atoms with van der Waals surface area (Å²) in [5, 5.41) is 0. The van der Waals surface area contributed by atoms with E-state index in [0.29, 0.717) is 6.04 Å². The van der Waals surface area contributed by atoms with Gasteiger partial charge in [-0.2, -0.15) is 0 Å². The van der Waals surface area contributed by atoms with Crippen molar-refractivity contribution >= 4 is 11.9 Å². The SMILES string of the molecule is C=CC1=C(N=CC)CN(C2CCN(C(=C)c3cc(C)c(C)cn3)CC2)C1. The molecule has 0 spiro atoms.